The molecule has 208 valence electrons. The molecule has 1 aromatic heterocycles. The fourth-order valence-corrected chi connectivity index (χ4v) is 8.04. The van der Waals surface area contributed by atoms with E-state index in [1.54, 1.807) is 24.3 Å². The summed E-state index contributed by atoms with van der Waals surface area (Å²) in [7, 11) is 0. The molecule has 42 heavy (non-hydrogen) atoms. The smallest absolute Gasteiger partial charge is 0.238 e. The molecule has 0 saturated carbocycles. The standard InChI is InChI=1S/C34H26N2O5S/c1-18-9-11-24-21(14-18)19(2)15-28-34(22-6-3-4-7-23(22)35-33(34)39)29(30(36(24)28)32(38)27-8-5-13-42-27)31(37)20-10-12-25-26(16-20)41-17-40-25/h3-16,28-30H,17H2,1-2H3,(H,35,39)/t28-,29-,30-,34+/m0/s1. The van der Waals surface area contributed by atoms with Crippen molar-refractivity contribution in [3.63, 3.8) is 0 Å². The Labute approximate surface area is 246 Å². The Morgan fingerprint density at radius 1 is 0.952 bits per heavy atom. The van der Waals surface area contributed by atoms with Gasteiger partial charge in [-0.15, -0.1) is 11.3 Å². The van der Waals surface area contributed by atoms with Crippen LogP contribution in [0, 0.1) is 12.8 Å². The molecular weight excluding hydrogens is 548 g/mol. The molecule has 0 bridgehead atoms. The van der Waals surface area contributed by atoms with Crippen molar-refractivity contribution < 1.29 is 23.9 Å². The van der Waals surface area contributed by atoms with Gasteiger partial charge in [-0.2, -0.15) is 0 Å². The van der Waals surface area contributed by atoms with Gasteiger partial charge >= 0.3 is 0 Å². The highest BCUT2D eigenvalue weighted by molar-refractivity contribution is 7.12. The van der Waals surface area contributed by atoms with E-state index < -0.39 is 23.4 Å². The van der Waals surface area contributed by atoms with Crippen LogP contribution in [0.5, 0.6) is 11.5 Å². The van der Waals surface area contributed by atoms with Crippen molar-refractivity contribution in [1.82, 2.24) is 0 Å². The molecule has 4 aromatic rings. The van der Waals surface area contributed by atoms with Gasteiger partial charge in [-0.3, -0.25) is 14.4 Å². The van der Waals surface area contributed by atoms with E-state index in [0.717, 1.165) is 28.0 Å². The van der Waals surface area contributed by atoms with Crippen LogP contribution in [0.3, 0.4) is 0 Å². The van der Waals surface area contributed by atoms with Gasteiger partial charge in [0, 0.05) is 22.5 Å². The summed E-state index contributed by atoms with van der Waals surface area (Å²) >= 11 is 1.34. The highest BCUT2D eigenvalue weighted by atomic mass is 32.1. The van der Waals surface area contributed by atoms with E-state index in [0.29, 0.717) is 27.6 Å². The Kier molecular flexibility index (Phi) is 5.31. The molecule has 4 atom stereocenters. The predicted molar refractivity (Wildman–Crippen MR) is 161 cm³/mol. The number of carbonyl (C=O) groups is 3. The topological polar surface area (TPSA) is 84.9 Å². The molecule has 8 heteroatoms. The number of allylic oxidation sites excluding steroid dienone is 1. The number of thiophene rings is 1. The molecule has 1 saturated heterocycles. The van der Waals surface area contributed by atoms with Gasteiger partial charge in [0.25, 0.3) is 0 Å². The van der Waals surface area contributed by atoms with Crippen LogP contribution < -0.4 is 19.7 Å². The van der Waals surface area contributed by atoms with Gasteiger partial charge in [0.05, 0.1) is 16.8 Å². The molecule has 1 spiro atoms. The number of ketones is 2. The number of fused-ring (bicyclic) bond motifs is 7. The minimum absolute atomic E-state index is 0.0751. The maximum atomic E-state index is 15.0. The van der Waals surface area contributed by atoms with Crippen LogP contribution in [0.25, 0.3) is 5.57 Å². The molecule has 4 aliphatic rings. The highest BCUT2D eigenvalue weighted by Gasteiger charge is 2.70. The number of hydrogen-bond donors (Lipinski definition) is 1. The number of aryl methyl sites for hydroxylation is 1. The number of benzene rings is 3. The van der Waals surface area contributed by atoms with Crippen molar-refractivity contribution in [3.8, 4) is 11.5 Å². The largest absolute Gasteiger partial charge is 0.454 e. The lowest BCUT2D eigenvalue weighted by Gasteiger charge is -2.39. The van der Waals surface area contributed by atoms with Crippen molar-refractivity contribution in [2.75, 3.05) is 17.0 Å². The quantitative estimate of drug-likeness (QED) is 0.300. The number of para-hydroxylation sites is 1. The fraction of sp³-hybridized carbons (Fsp3) is 0.206. The minimum atomic E-state index is -1.36. The SMILES string of the molecule is CC1=C[C@@H]2N(c3ccc(C)cc31)[C@H](C(=O)c1cccs1)[C@@H](C(=O)c1ccc3c(c1)OCO3)[C@]21C(=O)Nc2ccccc21. The highest BCUT2D eigenvalue weighted by Crippen LogP contribution is 2.59. The molecule has 1 fully saturated rings. The molecule has 5 heterocycles. The summed E-state index contributed by atoms with van der Waals surface area (Å²) in [5, 5.41) is 4.94. The van der Waals surface area contributed by atoms with Crippen LogP contribution in [0.2, 0.25) is 0 Å². The van der Waals surface area contributed by atoms with Crippen LogP contribution in [-0.4, -0.2) is 36.4 Å². The van der Waals surface area contributed by atoms with Crippen LogP contribution in [0.4, 0.5) is 11.4 Å². The number of hydrogen-bond acceptors (Lipinski definition) is 7. The Morgan fingerprint density at radius 2 is 1.79 bits per heavy atom. The molecule has 1 amide bonds. The van der Waals surface area contributed by atoms with Crippen molar-refractivity contribution in [3.05, 3.63) is 111 Å². The van der Waals surface area contributed by atoms with E-state index in [4.69, 9.17) is 9.47 Å². The molecule has 8 rings (SSSR count). The van der Waals surface area contributed by atoms with Gasteiger partial charge in [-0.25, -0.2) is 0 Å². The van der Waals surface area contributed by atoms with E-state index >= 15 is 0 Å². The van der Waals surface area contributed by atoms with Crippen LogP contribution in [0.15, 0.2) is 84.3 Å². The molecule has 0 radical (unpaired) electrons. The Balaban J connectivity index is 1.43. The number of nitrogens with one attached hydrogen (secondary N) is 1. The molecule has 0 aliphatic carbocycles. The Hall–Kier alpha value is -4.69. The summed E-state index contributed by atoms with van der Waals surface area (Å²) in [6, 6.07) is 20.9. The third kappa shape index (κ3) is 3.24. The summed E-state index contributed by atoms with van der Waals surface area (Å²) in [5.41, 5.74) is 4.34. The lowest BCUT2D eigenvalue weighted by Crippen LogP contribution is -2.51. The number of carbonyl (C=O) groups excluding carboxylic acids is 3. The molecular formula is C34H26N2O5S. The second kappa shape index (κ2) is 8.90. The first-order valence-electron chi connectivity index (χ1n) is 13.9. The van der Waals surface area contributed by atoms with Crippen LogP contribution in [-0.2, 0) is 10.2 Å². The number of nitrogens with zero attached hydrogens (tertiary/aromatic N) is 1. The average Bonchev–Trinajstić information content (AvgIpc) is 3.79. The zero-order valence-electron chi connectivity index (χ0n) is 22.9. The van der Waals surface area contributed by atoms with Gasteiger partial charge in [0.15, 0.2) is 23.1 Å². The summed E-state index contributed by atoms with van der Waals surface area (Å²) in [6.07, 6.45) is 2.07. The van der Waals surface area contributed by atoms with E-state index in [1.807, 2.05) is 66.6 Å². The molecule has 3 aromatic carbocycles. The van der Waals surface area contributed by atoms with Crippen molar-refractivity contribution in [2.24, 2.45) is 5.92 Å². The summed E-state index contributed by atoms with van der Waals surface area (Å²) < 4.78 is 11.1. The summed E-state index contributed by atoms with van der Waals surface area (Å²) in [5.74, 6) is -0.745. The van der Waals surface area contributed by atoms with Gasteiger partial charge in [-0.05, 0) is 72.8 Å². The Bertz CT molecular complexity index is 1860. The number of amides is 1. The zero-order valence-corrected chi connectivity index (χ0v) is 23.7. The van der Waals surface area contributed by atoms with Gasteiger partial charge < -0.3 is 19.7 Å². The van der Waals surface area contributed by atoms with Crippen LogP contribution in [0.1, 0.15) is 43.6 Å². The summed E-state index contributed by atoms with van der Waals surface area (Å²) in [4.78, 5) is 46.7. The van der Waals surface area contributed by atoms with Crippen LogP contribution >= 0.6 is 11.3 Å². The van der Waals surface area contributed by atoms with E-state index in [2.05, 4.69) is 17.5 Å². The first kappa shape index (κ1) is 25.1. The number of anilines is 2. The lowest BCUT2D eigenvalue weighted by molar-refractivity contribution is -0.121. The maximum absolute atomic E-state index is 15.0. The molecule has 4 aliphatic heterocycles. The lowest BCUT2D eigenvalue weighted by atomic mass is 9.64. The van der Waals surface area contributed by atoms with Crippen molar-refractivity contribution in [1.29, 1.82) is 0 Å². The number of ether oxygens (including phenoxy) is 2. The third-order valence-corrected chi connectivity index (χ3v) is 9.99. The second-order valence-electron chi connectivity index (χ2n) is 11.3. The number of Topliss-reactive ketones (excluding diaryl/α,β-unsaturated/α-hetero) is 2. The molecule has 1 N–H and O–H groups in total. The van der Waals surface area contributed by atoms with Crippen molar-refractivity contribution in [2.45, 2.75) is 31.3 Å². The average molecular weight is 575 g/mol. The zero-order chi connectivity index (χ0) is 28.7. The number of rotatable bonds is 4. The normalized spacial score (nSPS) is 24.6. The van der Waals surface area contributed by atoms with Crippen molar-refractivity contribution >= 4 is 45.8 Å². The van der Waals surface area contributed by atoms with Gasteiger partial charge in [0.1, 0.15) is 11.5 Å². The maximum Gasteiger partial charge on any atom is 0.238 e. The van der Waals surface area contributed by atoms with Gasteiger partial charge in [-0.1, -0.05) is 42.0 Å². The fourth-order valence-electron chi connectivity index (χ4n) is 7.34. The minimum Gasteiger partial charge on any atom is -0.454 e. The predicted octanol–water partition coefficient (Wildman–Crippen LogP) is 6.03. The summed E-state index contributed by atoms with van der Waals surface area (Å²) in [6.45, 7) is 4.14. The molecule has 0 unspecified atom stereocenters. The third-order valence-electron chi connectivity index (χ3n) is 9.10. The molecule has 7 nitrogen and oxygen atoms in total. The van der Waals surface area contributed by atoms with E-state index in [-0.39, 0.29) is 24.3 Å². The monoisotopic (exact) mass is 574 g/mol. The van der Waals surface area contributed by atoms with E-state index in [1.165, 1.54) is 11.3 Å². The first-order valence-corrected chi connectivity index (χ1v) is 14.8. The van der Waals surface area contributed by atoms with E-state index in [9.17, 15) is 14.4 Å². The van der Waals surface area contributed by atoms with Gasteiger partial charge in [0.2, 0.25) is 12.7 Å². The Morgan fingerprint density at radius 3 is 2.62 bits per heavy atom. The second-order valence-corrected chi connectivity index (χ2v) is 12.2. The first-order chi connectivity index (χ1) is 20.4.